The lowest BCUT2D eigenvalue weighted by molar-refractivity contribution is 0.0963. The number of anilines is 1. The van der Waals surface area contributed by atoms with E-state index in [-0.39, 0.29) is 29.7 Å². The summed E-state index contributed by atoms with van der Waals surface area (Å²) in [5.74, 6) is 1.13. The number of likely N-dealkylation sites (tertiary alicyclic amines) is 1. The molecule has 9 heteroatoms. The fraction of sp³-hybridized carbons (Fsp3) is 0.500. The van der Waals surface area contributed by atoms with Crippen LogP contribution in [0.15, 0.2) is 46.5 Å². The Morgan fingerprint density at radius 1 is 1.22 bits per heavy atom. The number of carbonyl (C=O) groups excluding carboxylic acids is 1. The zero-order valence-electron chi connectivity index (χ0n) is 22.5. The monoisotopic (exact) mass is 591 g/mol. The third kappa shape index (κ3) is 6.74. The molecule has 1 fully saturated rings. The van der Waals surface area contributed by atoms with Gasteiger partial charge in [-0.25, -0.2) is 8.42 Å². The van der Waals surface area contributed by atoms with Gasteiger partial charge in [-0.1, -0.05) is 64.4 Å². The van der Waals surface area contributed by atoms with Crippen molar-refractivity contribution in [2.75, 3.05) is 30.7 Å². The van der Waals surface area contributed by atoms with E-state index in [1.165, 1.54) is 18.7 Å². The van der Waals surface area contributed by atoms with E-state index in [9.17, 15) is 18.3 Å². The Balaban J connectivity index is 1.96. The van der Waals surface area contributed by atoms with E-state index in [1.807, 2.05) is 43.9 Å². The lowest BCUT2D eigenvalue weighted by atomic mass is 9.84. The lowest BCUT2D eigenvalue weighted by Gasteiger charge is -2.27. The van der Waals surface area contributed by atoms with Gasteiger partial charge < -0.3 is 10.0 Å². The van der Waals surface area contributed by atoms with Crippen LogP contribution in [0.4, 0.5) is 5.69 Å². The van der Waals surface area contributed by atoms with Crippen molar-refractivity contribution in [1.82, 2.24) is 4.90 Å². The van der Waals surface area contributed by atoms with Gasteiger partial charge in [-0.15, -0.1) is 0 Å². The number of nitrogens with zero attached hydrogens (tertiary/aromatic N) is 3. The highest BCUT2D eigenvalue weighted by Gasteiger charge is 2.39. The maximum atomic E-state index is 13.6. The molecule has 1 N–H and O–H groups in total. The average Bonchev–Trinajstić information content (AvgIpc) is 3.13. The predicted octanol–water partition coefficient (Wildman–Crippen LogP) is 5.57. The molecule has 1 heterocycles. The smallest absolute Gasteiger partial charge is 0.232 e. The largest absolute Gasteiger partial charge is 0.505 e. The number of benzene rings is 2. The SMILES string of the molecule is CCC[C@H]1CN(CC(=O)c2cc(N(C)S(C)(=O)=O)c(O)c(C(C)(C)C)c2)/C(=N\Br)[C@@H]1Cc1ccccc1. The van der Waals surface area contributed by atoms with Crippen LogP contribution < -0.4 is 4.31 Å². The van der Waals surface area contributed by atoms with Crippen LogP contribution in [0.3, 0.4) is 0 Å². The minimum atomic E-state index is -3.64. The summed E-state index contributed by atoms with van der Waals surface area (Å²) in [5.41, 5.74) is 1.71. The Morgan fingerprint density at radius 3 is 2.41 bits per heavy atom. The van der Waals surface area contributed by atoms with Gasteiger partial charge in [-0.2, -0.15) is 4.02 Å². The first-order chi connectivity index (χ1) is 17.3. The van der Waals surface area contributed by atoms with Gasteiger partial charge in [-0.3, -0.25) is 9.10 Å². The van der Waals surface area contributed by atoms with Crippen LogP contribution in [0.2, 0.25) is 0 Å². The molecule has 3 rings (SSSR count). The summed E-state index contributed by atoms with van der Waals surface area (Å²) < 4.78 is 30.0. The van der Waals surface area contributed by atoms with E-state index in [4.69, 9.17) is 0 Å². The summed E-state index contributed by atoms with van der Waals surface area (Å²) in [6.07, 6.45) is 3.99. The number of hydrogen-bond acceptors (Lipinski definition) is 5. The van der Waals surface area contributed by atoms with Crippen LogP contribution in [-0.4, -0.2) is 56.4 Å². The number of amidine groups is 1. The summed E-state index contributed by atoms with van der Waals surface area (Å²) in [4.78, 5) is 15.7. The summed E-state index contributed by atoms with van der Waals surface area (Å²) in [7, 11) is -2.26. The molecule has 1 aliphatic rings. The van der Waals surface area contributed by atoms with Crippen molar-refractivity contribution in [2.24, 2.45) is 15.9 Å². The van der Waals surface area contributed by atoms with E-state index in [2.05, 4.69) is 39.2 Å². The highest BCUT2D eigenvalue weighted by Crippen LogP contribution is 2.40. The Hall–Kier alpha value is -2.39. The maximum absolute atomic E-state index is 13.6. The molecular formula is C28H38BrN3O4S. The van der Waals surface area contributed by atoms with Crippen molar-refractivity contribution in [3.05, 3.63) is 59.2 Å². The number of halogens is 1. The molecule has 0 radical (unpaired) electrons. The average molecular weight is 593 g/mol. The molecule has 0 amide bonds. The van der Waals surface area contributed by atoms with E-state index in [0.29, 0.717) is 17.0 Å². The molecule has 0 spiro atoms. The van der Waals surface area contributed by atoms with Crippen molar-refractivity contribution in [1.29, 1.82) is 0 Å². The van der Waals surface area contributed by atoms with E-state index in [1.54, 1.807) is 6.07 Å². The molecule has 0 saturated carbocycles. The molecule has 2 aromatic carbocycles. The molecule has 0 aliphatic carbocycles. The number of ketones is 1. The normalized spacial score (nSPS) is 19.4. The highest BCUT2D eigenvalue weighted by atomic mass is 79.9. The molecule has 7 nitrogen and oxygen atoms in total. The molecule has 1 aliphatic heterocycles. The fourth-order valence-electron chi connectivity index (χ4n) is 5.04. The summed E-state index contributed by atoms with van der Waals surface area (Å²) in [6.45, 7) is 8.76. The van der Waals surface area contributed by atoms with Crippen molar-refractivity contribution in [2.45, 2.75) is 52.4 Å². The van der Waals surface area contributed by atoms with E-state index in [0.717, 1.165) is 42.2 Å². The van der Waals surface area contributed by atoms with E-state index < -0.39 is 15.4 Å². The number of carbonyl (C=O) groups is 1. The quantitative estimate of drug-likeness (QED) is 0.385. The third-order valence-electron chi connectivity index (χ3n) is 7.12. The van der Waals surface area contributed by atoms with Crippen LogP contribution in [0, 0.1) is 11.8 Å². The molecular weight excluding hydrogens is 554 g/mol. The zero-order chi connectivity index (χ0) is 27.5. The molecule has 1 saturated heterocycles. The first-order valence-corrected chi connectivity index (χ1v) is 15.2. The van der Waals surface area contributed by atoms with Crippen LogP contribution in [0.1, 0.15) is 62.0 Å². The second kappa shape index (κ2) is 11.6. The topological polar surface area (TPSA) is 90.3 Å². The number of sulfonamides is 1. The number of rotatable bonds is 9. The molecule has 0 unspecified atom stereocenters. The first kappa shape index (κ1) is 29.2. The van der Waals surface area contributed by atoms with Crippen LogP contribution in [0.25, 0.3) is 0 Å². The predicted molar refractivity (Wildman–Crippen MR) is 154 cm³/mol. The first-order valence-electron chi connectivity index (χ1n) is 12.6. The maximum Gasteiger partial charge on any atom is 0.232 e. The minimum Gasteiger partial charge on any atom is -0.505 e. The molecule has 2 aromatic rings. The number of Topliss-reactive ketones (excluding diaryl/α,β-unsaturated/α-hetero) is 1. The molecule has 37 heavy (non-hydrogen) atoms. The molecule has 202 valence electrons. The van der Waals surface area contributed by atoms with Gasteiger partial charge in [0.25, 0.3) is 0 Å². The Labute approximate surface area is 230 Å². The minimum absolute atomic E-state index is 0.0971. The van der Waals surface area contributed by atoms with Crippen molar-refractivity contribution in [3.8, 4) is 5.75 Å². The van der Waals surface area contributed by atoms with Crippen LogP contribution >= 0.6 is 16.1 Å². The van der Waals surface area contributed by atoms with Gasteiger partial charge in [-0.05, 0) is 41.9 Å². The molecule has 0 aromatic heterocycles. The summed E-state index contributed by atoms with van der Waals surface area (Å²) in [6, 6.07) is 13.5. The number of phenols is 1. The molecule has 2 atom stereocenters. The van der Waals surface area contributed by atoms with Crippen molar-refractivity contribution in [3.63, 3.8) is 0 Å². The molecule has 0 bridgehead atoms. The second-order valence-corrected chi connectivity index (χ2v) is 13.3. The van der Waals surface area contributed by atoms with Gasteiger partial charge in [0.05, 0.1) is 34.6 Å². The van der Waals surface area contributed by atoms with Crippen molar-refractivity contribution >= 4 is 43.5 Å². The van der Waals surface area contributed by atoms with Crippen LogP contribution in [0.5, 0.6) is 5.75 Å². The lowest BCUT2D eigenvalue weighted by Crippen LogP contribution is -2.33. The number of hydrogen-bond donors (Lipinski definition) is 1. The Bertz CT molecular complexity index is 1260. The fourth-order valence-corrected chi connectivity index (χ4v) is 6.02. The highest BCUT2D eigenvalue weighted by molar-refractivity contribution is 9.08. The van der Waals surface area contributed by atoms with Gasteiger partial charge in [0, 0.05) is 30.6 Å². The third-order valence-corrected chi connectivity index (χ3v) is 8.67. The standard InChI is InChI=1S/C28H38BrN3O4S/c1-7-11-20-17-32(27(30-29)22(20)14-19-12-9-8-10-13-19)18-25(33)21-15-23(28(2,3)4)26(34)24(16-21)31(5)37(6,35)36/h8-10,12-13,15-16,20,22,34H,7,11,14,17-18H2,1-6H3/b30-27-/t20-,22+/m0/s1. The van der Waals surface area contributed by atoms with Gasteiger partial charge in [0.15, 0.2) is 5.78 Å². The van der Waals surface area contributed by atoms with Crippen molar-refractivity contribution < 1.29 is 18.3 Å². The second-order valence-electron chi connectivity index (χ2n) is 11.0. The summed E-state index contributed by atoms with van der Waals surface area (Å²) >= 11 is 3.32. The van der Waals surface area contributed by atoms with Gasteiger partial charge >= 0.3 is 0 Å². The van der Waals surface area contributed by atoms with E-state index >= 15 is 0 Å². The van der Waals surface area contributed by atoms with Crippen LogP contribution in [-0.2, 0) is 21.9 Å². The van der Waals surface area contributed by atoms with Gasteiger partial charge in [0.2, 0.25) is 10.0 Å². The number of phenolic OH excluding ortho intramolecular Hbond substituents is 1. The zero-order valence-corrected chi connectivity index (χ0v) is 24.9. The number of aromatic hydroxyl groups is 1. The Morgan fingerprint density at radius 2 is 1.86 bits per heavy atom. The Kier molecular flexibility index (Phi) is 9.11. The van der Waals surface area contributed by atoms with Gasteiger partial charge in [0.1, 0.15) is 11.6 Å². The summed E-state index contributed by atoms with van der Waals surface area (Å²) in [5, 5.41) is 10.9.